The average Bonchev–Trinajstić information content (AvgIpc) is 3.76. The minimum Gasteiger partial charge on any atom is -0.341 e. The number of imidazole rings is 2. The van der Waals surface area contributed by atoms with Crippen molar-refractivity contribution >= 4 is 45.9 Å². The van der Waals surface area contributed by atoms with Crippen LogP contribution in [-0.4, -0.2) is 69.3 Å². The molecule has 40 heavy (non-hydrogen) atoms. The summed E-state index contributed by atoms with van der Waals surface area (Å²) in [6.45, 7) is 2.25. The van der Waals surface area contributed by atoms with E-state index < -0.39 is 0 Å². The quantitative estimate of drug-likeness (QED) is 0.246. The van der Waals surface area contributed by atoms with E-state index in [1.165, 1.54) is 12.8 Å². The Labute approximate surface area is 233 Å². The molecule has 0 saturated carbocycles. The third-order valence-electron chi connectivity index (χ3n) is 8.28. The number of rotatable bonds is 6. The van der Waals surface area contributed by atoms with Crippen LogP contribution in [0, 0.1) is 0 Å². The van der Waals surface area contributed by atoms with Crippen LogP contribution in [0.25, 0.3) is 22.1 Å². The summed E-state index contributed by atoms with van der Waals surface area (Å²) in [4.78, 5) is 30.9. The SMILES string of the molecule is CN1CCC[C@H]1c1nc2ccc(C=Nc3cccc(N=Cc4ccc5nc([C@@H]6CCCN6C)[nH]c5c4)c3)cc2[nH]1. The van der Waals surface area contributed by atoms with Gasteiger partial charge in [-0.1, -0.05) is 18.2 Å². The Balaban J connectivity index is 1.06. The zero-order valence-corrected chi connectivity index (χ0v) is 23.0. The Morgan fingerprint density at radius 1 is 0.700 bits per heavy atom. The van der Waals surface area contributed by atoms with Gasteiger partial charge in [0.05, 0.1) is 45.5 Å². The lowest BCUT2D eigenvalue weighted by Gasteiger charge is -2.16. The third-order valence-corrected chi connectivity index (χ3v) is 8.28. The number of nitrogens with zero attached hydrogens (tertiary/aromatic N) is 6. The minimum absolute atomic E-state index is 0.380. The van der Waals surface area contributed by atoms with E-state index in [4.69, 9.17) is 20.0 Å². The smallest absolute Gasteiger partial charge is 0.124 e. The van der Waals surface area contributed by atoms with Crippen LogP contribution >= 0.6 is 0 Å². The number of fused-ring (bicyclic) bond motifs is 2. The normalized spacial score (nSPS) is 20.8. The summed E-state index contributed by atoms with van der Waals surface area (Å²) < 4.78 is 0. The lowest BCUT2D eigenvalue weighted by atomic mass is 10.2. The average molecular weight is 531 g/mol. The van der Waals surface area contributed by atoms with E-state index in [-0.39, 0.29) is 0 Å². The molecule has 2 aliphatic rings. The van der Waals surface area contributed by atoms with E-state index >= 15 is 0 Å². The van der Waals surface area contributed by atoms with Crippen molar-refractivity contribution in [2.24, 2.45) is 9.98 Å². The molecule has 7 rings (SSSR count). The van der Waals surface area contributed by atoms with Gasteiger partial charge in [-0.05, 0) is 106 Å². The van der Waals surface area contributed by atoms with Gasteiger partial charge in [0.2, 0.25) is 0 Å². The number of aromatic amines is 2. The molecule has 2 aromatic heterocycles. The second kappa shape index (κ2) is 10.4. The van der Waals surface area contributed by atoms with Gasteiger partial charge in [0.25, 0.3) is 0 Å². The lowest BCUT2D eigenvalue weighted by molar-refractivity contribution is 0.307. The van der Waals surface area contributed by atoms with Gasteiger partial charge in [-0.3, -0.25) is 19.8 Å². The zero-order valence-electron chi connectivity index (χ0n) is 23.0. The Bertz CT molecular complexity index is 1600. The fourth-order valence-electron chi connectivity index (χ4n) is 6.03. The highest BCUT2D eigenvalue weighted by Crippen LogP contribution is 2.31. The van der Waals surface area contributed by atoms with E-state index in [0.717, 1.165) is 82.1 Å². The highest BCUT2D eigenvalue weighted by Gasteiger charge is 2.26. The monoisotopic (exact) mass is 530 g/mol. The Morgan fingerprint density at radius 3 is 1.65 bits per heavy atom. The first-order chi connectivity index (χ1) is 19.6. The Morgan fingerprint density at radius 2 is 1.20 bits per heavy atom. The molecule has 5 aromatic rings. The molecule has 4 heterocycles. The van der Waals surface area contributed by atoms with Crippen molar-refractivity contribution < 1.29 is 0 Å². The van der Waals surface area contributed by atoms with E-state index in [9.17, 15) is 0 Å². The summed E-state index contributed by atoms with van der Waals surface area (Å²) in [6.07, 6.45) is 8.54. The molecule has 8 nitrogen and oxygen atoms in total. The molecular formula is C32H34N8. The number of aliphatic imine (C=N–C) groups is 2. The van der Waals surface area contributed by atoms with Crippen molar-refractivity contribution in [3.05, 3.63) is 83.4 Å². The van der Waals surface area contributed by atoms with Crippen molar-refractivity contribution in [2.45, 2.75) is 37.8 Å². The van der Waals surface area contributed by atoms with Gasteiger partial charge in [-0.15, -0.1) is 0 Å². The molecule has 2 saturated heterocycles. The van der Waals surface area contributed by atoms with Crippen molar-refractivity contribution in [1.29, 1.82) is 0 Å². The predicted octanol–water partition coefficient (Wildman–Crippen LogP) is 6.47. The molecular weight excluding hydrogens is 496 g/mol. The molecule has 0 aliphatic carbocycles. The number of hydrogen-bond donors (Lipinski definition) is 2. The van der Waals surface area contributed by atoms with E-state index in [1.807, 2.05) is 36.7 Å². The lowest BCUT2D eigenvalue weighted by Crippen LogP contribution is -2.18. The van der Waals surface area contributed by atoms with Gasteiger partial charge in [0.15, 0.2) is 0 Å². The van der Waals surface area contributed by atoms with Gasteiger partial charge in [-0.25, -0.2) is 9.97 Å². The van der Waals surface area contributed by atoms with Crippen LogP contribution in [0.5, 0.6) is 0 Å². The van der Waals surface area contributed by atoms with Crippen LogP contribution in [0.15, 0.2) is 70.6 Å². The Hall–Kier alpha value is -4.14. The van der Waals surface area contributed by atoms with Gasteiger partial charge in [-0.2, -0.15) is 0 Å². The van der Waals surface area contributed by atoms with Crippen molar-refractivity contribution in [3.63, 3.8) is 0 Å². The van der Waals surface area contributed by atoms with E-state index in [2.05, 4.69) is 70.3 Å². The number of nitrogens with one attached hydrogen (secondary N) is 2. The highest BCUT2D eigenvalue weighted by molar-refractivity contribution is 5.90. The zero-order chi connectivity index (χ0) is 27.1. The molecule has 202 valence electrons. The van der Waals surface area contributed by atoms with E-state index in [1.54, 1.807) is 0 Å². The van der Waals surface area contributed by atoms with Crippen molar-refractivity contribution in [2.75, 3.05) is 27.2 Å². The van der Waals surface area contributed by atoms with Gasteiger partial charge in [0.1, 0.15) is 11.6 Å². The molecule has 0 amide bonds. The number of H-pyrrole nitrogens is 2. The number of likely N-dealkylation sites (tertiary alicyclic amines) is 2. The summed E-state index contributed by atoms with van der Waals surface area (Å²) >= 11 is 0. The molecule has 2 atom stereocenters. The summed E-state index contributed by atoms with van der Waals surface area (Å²) in [5, 5.41) is 0. The fourth-order valence-corrected chi connectivity index (χ4v) is 6.03. The molecule has 2 aliphatic heterocycles. The first-order valence-corrected chi connectivity index (χ1v) is 14.2. The molecule has 2 fully saturated rings. The largest absolute Gasteiger partial charge is 0.341 e. The van der Waals surface area contributed by atoms with Crippen molar-refractivity contribution in [3.8, 4) is 0 Å². The molecule has 8 heteroatoms. The van der Waals surface area contributed by atoms with Crippen LogP contribution in [0.2, 0.25) is 0 Å². The van der Waals surface area contributed by atoms with Crippen LogP contribution in [-0.2, 0) is 0 Å². The van der Waals surface area contributed by atoms with Gasteiger partial charge >= 0.3 is 0 Å². The molecule has 0 radical (unpaired) electrons. The Kier molecular flexibility index (Phi) is 6.49. The maximum atomic E-state index is 4.84. The van der Waals surface area contributed by atoms with Gasteiger partial charge in [0, 0.05) is 12.4 Å². The summed E-state index contributed by atoms with van der Waals surface area (Å²) in [5.74, 6) is 2.12. The summed E-state index contributed by atoms with van der Waals surface area (Å²) in [6, 6.07) is 21.3. The number of benzene rings is 3. The minimum atomic E-state index is 0.380. The number of aromatic nitrogens is 4. The van der Waals surface area contributed by atoms with Crippen LogP contribution in [0.1, 0.15) is 60.5 Å². The first kappa shape index (κ1) is 24.9. The van der Waals surface area contributed by atoms with Crippen LogP contribution in [0.3, 0.4) is 0 Å². The van der Waals surface area contributed by atoms with Gasteiger partial charge < -0.3 is 9.97 Å². The second-order valence-corrected chi connectivity index (χ2v) is 11.1. The molecule has 0 unspecified atom stereocenters. The topological polar surface area (TPSA) is 88.6 Å². The standard InChI is InChI=1S/C32H34N8/c1-39-14-4-8-29(39)31-35-25-12-10-21(16-27(25)37-31)19-33-23-6-3-7-24(18-23)34-20-22-11-13-26-28(17-22)38-32(36-26)30-9-5-15-40(30)2/h3,6-7,10-13,16-20,29-30H,4-5,8-9,14-15H2,1-2H3,(H,35,37)(H,36,38)/t29-,30-/m0/s1. The molecule has 0 spiro atoms. The second-order valence-electron chi connectivity index (χ2n) is 11.1. The molecule has 3 aromatic carbocycles. The summed E-state index contributed by atoms with van der Waals surface area (Å²) in [5.41, 5.74) is 7.89. The molecule has 2 N–H and O–H groups in total. The molecule has 0 bridgehead atoms. The van der Waals surface area contributed by atoms with E-state index in [0.29, 0.717) is 12.1 Å². The highest BCUT2D eigenvalue weighted by atomic mass is 15.2. The summed E-state index contributed by atoms with van der Waals surface area (Å²) in [7, 11) is 4.34. The van der Waals surface area contributed by atoms with Crippen LogP contribution in [0.4, 0.5) is 11.4 Å². The van der Waals surface area contributed by atoms with Crippen LogP contribution < -0.4 is 0 Å². The maximum Gasteiger partial charge on any atom is 0.124 e. The fraction of sp³-hybridized carbons (Fsp3) is 0.312. The van der Waals surface area contributed by atoms with Crippen molar-refractivity contribution in [1.82, 2.24) is 29.7 Å². The third kappa shape index (κ3) is 4.96. The number of hydrogen-bond acceptors (Lipinski definition) is 6. The first-order valence-electron chi connectivity index (χ1n) is 14.2. The predicted molar refractivity (Wildman–Crippen MR) is 162 cm³/mol. The maximum absolute atomic E-state index is 4.84.